The van der Waals surface area contributed by atoms with Crippen LogP contribution in [0.5, 0.6) is 0 Å². The fourth-order valence-electron chi connectivity index (χ4n) is 6.20. The van der Waals surface area contributed by atoms with Gasteiger partial charge in [-0.1, -0.05) is 181 Å². The van der Waals surface area contributed by atoms with E-state index >= 15 is 0 Å². The van der Waals surface area contributed by atoms with Gasteiger partial charge in [0.15, 0.2) is 6.10 Å². The Morgan fingerprint density at radius 3 is 1.04 bits per heavy atom. The fourth-order valence-corrected chi connectivity index (χ4v) is 6.20. The summed E-state index contributed by atoms with van der Waals surface area (Å²) in [5.74, 6) is -0.877. The molecule has 0 aromatic heterocycles. The van der Waals surface area contributed by atoms with Crippen molar-refractivity contribution < 1.29 is 28.6 Å². The van der Waals surface area contributed by atoms with Crippen molar-refractivity contribution in [3.63, 3.8) is 0 Å². The van der Waals surface area contributed by atoms with Gasteiger partial charge in [0.1, 0.15) is 13.2 Å². The van der Waals surface area contributed by atoms with Gasteiger partial charge in [-0.2, -0.15) is 0 Å². The first kappa shape index (κ1) is 48.1. The van der Waals surface area contributed by atoms with Crippen LogP contribution in [0.25, 0.3) is 0 Å². The van der Waals surface area contributed by atoms with Gasteiger partial charge in [0, 0.05) is 19.3 Å². The van der Waals surface area contributed by atoms with Crippen LogP contribution in [0.2, 0.25) is 0 Å². The highest BCUT2D eigenvalue weighted by atomic mass is 16.6. The largest absolute Gasteiger partial charge is 0.462 e. The molecule has 50 heavy (non-hydrogen) atoms. The van der Waals surface area contributed by atoms with Crippen molar-refractivity contribution in [2.75, 3.05) is 13.2 Å². The molecule has 0 aromatic rings. The Bertz CT molecular complexity index is 778. The molecule has 0 N–H and O–H groups in total. The molecule has 6 nitrogen and oxygen atoms in total. The molecule has 0 spiro atoms. The molecular weight excluding hydrogens is 624 g/mol. The Balaban J connectivity index is 4.35. The lowest BCUT2D eigenvalue weighted by atomic mass is 10.1. The zero-order chi connectivity index (χ0) is 36.6. The molecule has 0 amide bonds. The Morgan fingerprint density at radius 1 is 0.380 bits per heavy atom. The smallest absolute Gasteiger partial charge is 0.306 e. The first-order chi connectivity index (χ1) is 24.5. The minimum absolute atomic E-state index is 0.0688. The van der Waals surface area contributed by atoms with Gasteiger partial charge in [0.05, 0.1) is 0 Å². The minimum atomic E-state index is -0.763. The van der Waals surface area contributed by atoms with Crippen LogP contribution in [-0.4, -0.2) is 37.2 Å². The van der Waals surface area contributed by atoms with E-state index in [4.69, 9.17) is 14.2 Å². The lowest BCUT2D eigenvalue weighted by Gasteiger charge is -2.18. The summed E-state index contributed by atoms with van der Waals surface area (Å²) in [6, 6.07) is 0. The highest BCUT2D eigenvalue weighted by Gasteiger charge is 2.19. The summed E-state index contributed by atoms with van der Waals surface area (Å²) in [6.07, 6.45) is 40.4. The first-order valence-electron chi connectivity index (χ1n) is 21.7. The van der Waals surface area contributed by atoms with E-state index in [0.29, 0.717) is 19.3 Å². The molecule has 6 heteroatoms. The highest BCUT2D eigenvalue weighted by molar-refractivity contribution is 5.71. The maximum atomic E-state index is 12.6. The van der Waals surface area contributed by atoms with Crippen LogP contribution in [0.4, 0.5) is 0 Å². The predicted molar refractivity (Wildman–Crippen MR) is 210 cm³/mol. The van der Waals surface area contributed by atoms with E-state index in [0.717, 1.165) is 64.2 Å². The number of hydrogen-bond acceptors (Lipinski definition) is 6. The number of carbonyl (C=O) groups is 3. The molecule has 0 radical (unpaired) electrons. The van der Waals surface area contributed by atoms with Crippen LogP contribution in [0.1, 0.15) is 233 Å². The van der Waals surface area contributed by atoms with Crippen molar-refractivity contribution in [2.45, 2.75) is 239 Å². The minimum Gasteiger partial charge on any atom is -0.462 e. The zero-order valence-electron chi connectivity index (χ0n) is 33.4. The normalized spacial score (nSPS) is 12.0. The second kappa shape index (κ2) is 39.9. The Hall–Kier alpha value is -1.85. The van der Waals surface area contributed by atoms with Crippen molar-refractivity contribution in [2.24, 2.45) is 0 Å². The predicted octanol–water partition coefficient (Wildman–Crippen LogP) is 13.5. The van der Waals surface area contributed by atoms with Gasteiger partial charge >= 0.3 is 17.9 Å². The maximum absolute atomic E-state index is 12.6. The van der Waals surface area contributed by atoms with Gasteiger partial charge in [-0.15, -0.1) is 0 Å². The second-order valence-electron chi connectivity index (χ2n) is 14.6. The molecule has 0 bridgehead atoms. The summed E-state index contributed by atoms with van der Waals surface area (Å²) in [5.41, 5.74) is 0. The maximum Gasteiger partial charge on any atom is 0.306 e. The summed E-state index contributed by atoms with van der Waals surface area (Å²) < 4.78 is 16.6. The van der Waals surface area contributed by atoms with Gasteiger partial charge in [-0.3, -0.25) is 14.4 Å². The summed E-state index contributed by atoms with van der Waals surface area (Å²) in [6.45, 7) is 6.58. The molecule has 0 aromatic carbocycles. The Kier molecular flexibility index (Phi) is 38.5. The van der Waals surface area contributed by atoms with Gasteiger partial charge in [-0.25, -0.2) is 0 Å². The molecule has 0 saturated heterocycles. The summed E-state index contributed by atoms with van der Waals surface area (Å²) in [7, 11) is 0. The first-order valence-corrected chi connectivity index (χ1v) is 21.7. The van der Waals surface area contributed by atoms with Crippen LogP contribution in [-0.2, 0) is 28.6 Å². The van der Waals surface area contributed by atoms with E-state index in [1.165, 1.54) is 128 Å². The van der Waals surface area contributed by atoms with Crippen molar-refractivity contribution >= 4 is 17.9 Å². The summed E-state index contributed by atoms with van der Waals surface area (Å²) in [5, 5.41) is 0. The van der Waals surface area contributed by atoms with Gasteiger partial charge in [-0.05, 0) is 44.9 Å². The number of hydrogen-bond donors (Lipinski definition) is 0. The van der Waals surface area contributed by atoms with Crippen molar-refractivity contribution in [3.8, 4) is 0 Å². The topological polar surface area (TPSA) is 78.9 Å². The average molecular weight is 707 g/mol. The number of unbranched alkanes of at least 4 members (excludes halogenated alkanes) is 26. The van der Waals surface area contributed by atoms with Crippen LogP contribution < -0.4 is 0 Å². The number of ether oxygens (including phenoxy) is 3. The monoisotopic (exact) mass is 707 g/mol. The van der Waals surface area contributed by atoms with Gasteiger partial charge in [0.2, 0.25) is 0 Å². The Morgan fingerprint density at radius 2 is 0.660 bits per heavy atom. The molecule has 0 aliphatic carbocycles. The van der Waals surface area contributed by atoms with Crippen molar-refractivity contribution in [1.29, 1.82) is 0 Å². The van der Waals surface area contributed by atoms with Gasteiger partial charge < -0.3 is 14.2 Å². The molecule has 0 heterocycles. The van der Waals surface area contributed by atoms with Crippen molar-refractivity contribution in [1.82, 2.24) is 0 Å². The van der Waals surface area contributed by atoms with Crippen LogP contribution in [0, 0.1) is 0 Å². The molecular formula is C44H82O6. The summed E-state index contributed by atoms with van der Waals surface area (Å²) in [4.78, 5) is 37.5. The fraction of sp³-hybridized carbons (Fsp3) is 0.886. The highest BCUT2D eigenvalue weighted by Crippen LogP contribution is 2.14. The molecule has 1 atom stereocenters. The number of esters is 3. The third kappa shape index (κ3) is 37.4. The van der Waals surface area contributed by atoms with Crippen LogP contribution >= 0.6 is 0 Å². The van der Waals surface area contributed by atoms with Crippen LogP contribution in [0.15, 0.2) is 12.2 Å². The van der Waals surface area contributed by atoms with E-state index in [-0.39, 0.29) is 31.1 Å². The average Bonchev–Trinajstić information content (AvgIpc) is 3.11. The SMILES string of the molecule is CCCCC/C=C\CCCCCCCC(=O)OC[C@@H](COC(=O)CCCCCCCCCCCC)OC(=O)CCCCCCCCCCCC. The molecule has 294 valence electrons. The lowest BCUT2D eigenvalue weighted by Crippen LogP contribution is -2.30. The molecule has 0 unspecified atom stereocenters. The zero-order valence-corrected chi connectivity index (χ0v) is 33.4. The molecule has 0 aliphatic heterocycles. The number of carbonyl (C=O) groups excluding carboxylic acids is 3. The summed E-state index contributed by atoms with van der Waals surface area (Å²) >= 11 is 0. The Labute approximate surface area is 310 Å². The van der Waals surface area contributed by atoms with E-state index in [2.05, 4.69) is 32.9 Å². The standard InChI is InChI=1S/C44H82O6/c1-4-7-10-13-16-19-22-23-26-28-31-34-37-43(46)49-40-41(50-44(47)38-35-32-29-25-21-18-15-12-9-6-3)39-48-42(45)36-33-30-27-24-20-17-14-11-8-5-2/h16,19,41H,4-15,17-18,20-40H2,1-3H3/b19-16-/t41-/m1/s1. The van der Waals surface area contributed by atoms with E-state index in [1.54, 1.807) is 0 Å². The quantitative estimate of drug-likeness (QED) is 0.0274. The second-order valence-corrected chi connectivity index (χ2v) is 14.6. The van der Waals surface area contributed by atoms with E-state index in [1.807, 2.05) is 0 Å². The molecule has 0 rings (SSSR count). The molecule has 0 saturated carbocycles. The third-order valence-corrected chi connectivity index (χ3v) is 9.52. The van der Waals surface area contributed by atoms with Gasteiger partial charge in [0.25, 0.3) is 0 Å². The van der Waals surface area contributed by atoms with Crippen molar-refractivity contribution in [3.05, 3.63) is 12.2 Å². The lowest BCUT2D eigenvalue weighted by molar-refractivity contribution is -0.167. The molecule has 0 fully saturated rings. The number of rotatable bonds is 39. The third-order valence-electron chi connectivity index (χ3n) is 9.52. The van der Waals surface area contributed by atoms with Crippen LogP contribution in [0.3, 0.4) is 0 Å². The molecule has 0 aliphatic rings. The number of allylic oxidation sites excluding steroid dienone is 2. The van der Waals surface area contributed by atoms with E-state index in [9.17, 15) is 14.4 Å². The van der Waals surface area contributed by atoms with E-state index < -0.39 is 6.10 Å².